The first-order chi connectivity index (χ1) is 12.1. The lowest BCUT2D eigenvalue weighted by Crippen LogP contribution is -2.52. The standard InChI is InChI=1S/C17H24N6O2/c1-18-16(24)22(2)17(10-5-4-6-11-17)15-19-20-21-23(15)13-8-7-9-14(12-13)25-3/h7-9,12H,4-6,10-11H2,1-3H3,(H,18,24). The summed E-state index contributed by atoms with van der Waals surface area (Å²) in [6.07, 6.45) is 4.89. The van der Waals surface area contributed by atoms with Gasteiger partial charge in [0.1, 0.15) is 11.3 Å². The average Bonchev–Trinajstić information content (AvgIpc) is 3.17. The second-order valence-corrected chi connectivity index (χ2v) is 6.32. The highest BCUT2D eigenvalue weighted by molar-refractivity contribution is 5.74. The number of carbonyl (C=O) groups excluding carboxylic acids is 1. The number of hydrogen-bond acceptors (Lipinski definition) is 5. The predicted molar refractivity (Wildman–Crippen MR) is 92.7 cm³/mol. The van der Waals surface area contributed by atoms with E-state index in [4.69, 9.17) is 4.74 Å². The van der Waals surface area contributed by atoms with Gasteiger partial charge in [0.05, 0.1) is 12.8 Å². The van der Waals surface area contributed by atoms with E-state index in [2.05, 4.69) is 20.8 Å². The van der Waals surface area contributed by atoms with Crippen LogP contribution in [0.1, 0.15) is 37.9 Å². The van der Waals surface area contributed by atoms with Gasteiger partial charge in [0.2, 0.25) is 0 Å². The predicted octanol–water partition coefficient (Wildman–Crippen LogP) is 2.10. The van der Waals surface area contributed by atoms with E-state index < -0.39 is 5.54 Å². The second-order valence-electron chi connectivity index (χ2n) is 6.32. The van der Waals surface area contributed by atoms with Crippen LogP contribution >= 0.6 is 0 Å². The lowest BCUT2D eigenvalue weighted by Gasteiger charge is -2.43. The normalized spacial score (nSPS) is 16.3. The van der Waals surface area contributed by atoms with Crippen LogP contribution < -0.4 is 10.1 Å². The molecule has 1 saturated carbocycles. The molecule has 2 amide bonds. The molecule has 0 saturated heterocycles. The summed E-state index contributed by atoms with van der Waals surface area (Å²) in [6.45, 7) is 0. The van der Waals surface area contributed by atoms with Crippen molar-refractivity contribution in [3.05, 3.63) is 30.1 Å². The Bertz CT molecular complexity index is 738. The van der Waals surface area contributed by atoms with Crippen LogP contribution in [-0.2, 0) is 5.54 Å². The van der Waals surface area contributed by atoms with Gasteiger partial charge >= 0.3 is 6.03 Å². The van der Waals surface area contributed by atoms with Crippen molar-refractivity contribution >= 4 is 6.03 Å². The highest BCUT2D eigenvalue weighted by atomic mass is 16.5. The third-order valence-electron chi connectivity index (χ3n) is 5.02. The Morgan fingerprint density at radius 1 is 1.32 bits per heavy atom. The van der Waals surface area contributed by atoms with Crippen LogP contribution in [0.3, 0.4) is 0 Å². The Morgan fingerprint density at radius 3 is 2.76 bits per heavy atom. The second kappa shape index (κ2) is 7.08. The van der Waals surface area contributed by atoms with Crippen molar-refractivity contribution < 1.29 is 9.53 Å². The number of hydrogen-bond donors (Lipinski definition) is 1. The molecule has 0 spiro atoms. The summed E-state index contributed by atoms with van der Waals surface area (Å²) in [5.41, 5.74) is 0.292. The maximum Gasteiger partial charge on any atom is 0.317 e. The summed E-state index contributed by atoms with van der Waals surface area (Å²) in [6, 6.07) is 7.45. The Kier molecular flexibility index (Phi) is 4.87. The minimum atomic E-state index is -0.523. The Labute approximate surface area is 147 Å². The number of ether oxygens (including phenoxy) is 1. The highest BCUT2D eigenvalue weighted by Crippen LogP contribution is 2.41. The van der Waals surface area contributed by atoms with Crippen LogP contribution in [-0.4, -0.2) is 52.3 Å². The summed E-state index contributed by atoms with van der Waals surface area (Å²) < 4.78 is 7.03. The quantitative estimate of drug-likeness (QED) is 0.918. The molecule has 8 heteroatoms. The van der Waals surface area contributed by atoms with Gasteiger partial charge in [-0.1, -0.05) is 25.3 Å². The van der Waals surface area contributed by atoms with Crippen molar-refractivity contribution in [2.24, 2.45) is 0 Å². The molecular formula is C17H24N6O2. The number of nitrogens with zero attached hydrogens (tertiary/aromatic N) is 5. The number of rotatable bonds is 4. The molecule has 3 rings (SSSR count). The van der Waals surface area contributed by atoms with Crippen molar-refractivity contribution in [1.29, 1.82) is 0 Å². The lowest BCUT2D eigenvalue weighted by atomic mass is 9.79. The Balaban J connectivity index is 2.09. The maximum atomic E-state index is 12.4. The molecule has 1 aliphatic rings. The maximum absolute atomic E-state index is 12.4. The molecular weight excluding hydrogens is 320 g/mol. The molecule has 0 unspecified atom stereocenters. The van der Waals surface area contributed by atoms with E-state index in [-0.39, 0.29) is 6.03 Å². The van der Waals surface area contributed by atoms with Crippen LogP contribution in [0.2, 0.25) is 0 Å². The fourth-order valence-electron chi connectivity index (χ4n) is 3.60. The van der Waals surface area contributed by atoms with Gasteiger partial charge in [-0.15, -0.1) is 5.10 Å². The zero-order valence-corrected chi connectivity index (χ0v) is 14.9. The summed E-state index contributed by atoms with van der Waals surface area (Å²) in [4.78, 5) is 14.1. The average molecular weight is 344 g/mol. The van der Waals surface area contributed by atoms with Crippen LogP contribution in [0, 0.1) is 0 Å². The first kappa shape index (κ1) is 17.2. The molecule has 1 aliphatic carbocycles. The fourth-order valence-corrected chi connectivity index (χ4v) is 3.60. The topological polar surface area (TPSA) is 85.2 Å². The van der Waals surface area contributed by atoms with Crippen molar-refractivity contribution in [3.8, 4) is 11.4 Å². The molecule has 1 aromatic carbocycles. The van der Waals surface area contributed by atoms with E-state index in [9.17, 15) is 4.79 Å². The van der Waals surface area contributed by atoms with Gasteiger partial charge in [-0.3, -0.25) is 0 Å². The number of tetrazole rings is 1. The van der Waals surface area contributed by atoms with E-state index >= 15 is 0 Å². The van der Waals surface area contributed by atoms with Crippen LogP contribution in [0.25, 0.3) is 5.69 Å². The summed E-state index contributed by atoms with van der Waals surface area (Å²) in [7, 11) is 5.08. The minimum Gasteiger partial charge on any atom is -0.497 e. The molecule has 0 bridgehead atoms. The van der Waals surface area contributed by atoms with Crippen LogP contribution in [0.15, 0.2) is 24.3 Å². The van der Waals surface area contributed by atoms with Crippen LogP contribution in [0.4, 0.5) is 4.79 Å². The Morgan fingerprint density at radius 2 is 2.08 bits per heavy atom. The van der Waals surface area contributed by atoms with Crippen molar-refractivity contribution in [1.82, 2.24) is 30.4 Å². The molecule has 134 valence electrons. The molecule has 1 fully saturated rings. The molecule has 2 aromatic rings. The monoisotopic (exact) mass is 344 g/mol. The van der Waals surface area contributed by atoms with Gasteiger partial charge in [0.15, 0.2) is 5.82 Å². The van der Waals surface area contributed by atoms with E-state index in [1.54, 1.807) is 23.7 Å². The SMILES string of the molecule is CNC(=O)N(C)C1(c2nnnn2-c2cccc(OC)c2)CCCCC1. The van der Waals surface area contributed by atoms with Gasteiger partial charge in [0, 0.05) is 20.2 Å². The molecule has 0 aliphatic heterocycles. The smallest absolute Gasteiger partial charge is 0.317 e. The molecule has 25 heavy (non-hydrogen) atoms. The number of aromatic nitrogens is 4. The van der Waals surface area contributed by atoms with Crippen molar-refractivity contribution in [2.75, 3.05) is 21.2 Å². The van der Waals surface area contributed by atoms with Gasteiger partial charge in [-0.2, -0.15) is 4.68 Å². The number of amides is 2. The first-order valence-corrected chi connectivity index (χ1v) is 8.51. The summed E-state index contributed by atoms with van der Waals surface area (Å²) in [5.74, 6) is 1.42. The molecule has 1 aromatic heterocycles. The number of methoxy groups -OCH3 is 1. The van der Waals surface area contributed by atoms with E-state index in [0.29, 0.717) is 5.82 Å². The van der Waals surface area contributed by atoms with Gasteiger partial charge in [-0.05, 0) is 35.4 Å². The third kappa shape index (κ3) is 3.04. The number of benzene rings is 1. The van der Waals surface area contributed by atoms with Crippen molar-refractivity contribution in [3.63, 3.8) is 0 Å². The van der Waals surface area contributed by atoms with E-state index in [0.717, 1.165) is 43.5 Å². The molecule has 1 heterocycles. The zero-order chi connectivity index (χ0) is 17.9. The molecule has 0 radical (unpaired) electrons. The Hall–Kier alpha value is -2.64. The van der Waals surface area contributed by atoms with Gasteiger partial charge in [0.25, 0.3) is 0 Å². The lowest BCUT2D eigenvalue weighted by molar-refractivity contribution is 0.0873. The van der Waals surface area contributed by atoms with Crippen molar-refractivity contribution in [2.45, 2.75) is 37.6 Å². The fraction of sp³-hybridized carbons (Fsp3) is 0.529. The summed E-state index contributed by atoms with van der Waals surface area (Å²) >= 11 is 0. The molecule has 0 atom stereocenters. The number of carbonyl (C=O) groups is 1. The first-order valence-electron chi connectivity index (χ1n) is 8.51. The third-order valence-corrected chi connectivity index (χ3v) is 5.02. The van der Waals surface area contributed by atoms with Gasteiger partial charge in [-0.25, -0.2) is 4.79 Å². The largest absolute Gasteiger partial charge is 0.497 e. The van der Waals surface area contributed by atoms with E-state index in [1.807, 2.05) is 31.3 Å². The van der Waals surface area contributed by atoms with Crippen LogP contribution in [0.5, 0.6) is 5.75 Å². The zero-order valence-electron chi connectivity index (χ0n) is 14.9. The number of urea groups is 1. The molecule has 1 N–H and O–H groups in total. The minimum absolute atomic E-state index is 0.137. The number of nitrogens with one attached hydrogen (secondary N) is 1. The highest BCUT2D eigenvalue weighted by Gasteiger charge is 2.44. The molecule has 8 nitrogen and oxygen atoms in total. The van der Waals surface area contributed by atoms with E-state index in [1.165, 1.54) is 0 Å². The summed E-state index contributed by atoms with van der Waals surface area (Å²) in [5, 5.41) is 15.1. The van der Waals surface area contributed by atoms with Gasteiger partial charge < -0.3 is 15.0 Å².